The Labute approximate surface area is 102 Å². The molecule has 4 heteroatoms. The van der Waals surface area contributed by atoms with Crippen LogP contribution in [-0.2, 0) is 9.47 Å². The summed E-state index contributed by atoms with van der Waals surface area (Å²) < 4.78 is 10.9. The van der Waals surface area contributed by atoms with Crippen LogP contribution in [0.2, 0.25) is 0 Å². The average Bonchev–Trinajstić information content (AvgIpc) is 2.88. The predicted molar refractivity (Wildman–Crippen MR) is 64.5 cm³/mol. The van der Waals surface area contributed by atoms with E-state index in [9.17, 15) is 0 Å². The molecule has 0 spiro atoms. The smallest absolute Gasteiger partial charge is 0.157 e. The largest absolute Gasteiger partial charge is 0.350 e. The Balaban J connectivity index is 1.90. The standard InChI is InChI=1S/C13H18N2O2/c1-2-3-11(12-10-14-6-7-15-12)4-5-13-16-8-9-17-13/h2,6-7,10-11,13H,1,3-5,8-9H2. The van der Waals surface area contributed by atoms with Crippen molar-refractivity contribution in [2.24, 2.45) is 0 Å². The monoisotopic (exact) mass is 234 g/mol. The highest BCUT2D eigenvalue weighted by Gasteiger charge is 2.19. The van der Waals surface area contributed by atoms with Crippen LogP contribution >= 0.6 is 0 Å². The van der Waals surface area contributed by atoms with E-state index in [0.29, 0.717) is 19.1 Å². The predicted octanol–water partition coefficient (Wildman–Crippen LogP) is 2.29. The molecule has 4 nitrogen and oxygen atoms in total. The molecule has 1 aromatic heterocycles. The third-order valence-electron chi connectivity index (χ3n) is 2.89. The molecule has 0 amide bonds. The van der Waals surface area contributed by atoms with Gasteiger partial charge in [-0.2, -0.15) is 0 Å². The van der Waals surface area contributed by atoms with Crippen LogP contribution in [0.25, 0.3) is 0 Å². The highest BCUT2D eigenvalue weighted by atomic mass is 16.7. The van der Waals surface area contributed by atoms with Crippen molar-refractivity contribution in [2.75, 3.05) is 13.2 Å². The van der Waals surface area contributed by atoms with Gasteiger partial charge in [0.15, 0.2) is 6.29 Å². The molecule has 2 heterocycles. The van der Waals surface area contributed by atoms with Gasteiger partial charge >= 0.3 is 0 Å². The Morgan fingerprint density at radius 2 is 2.24 bits per heavy atom. The van der Waals surface area contributed by atoms with Gasteiger partial charge in [-0.15, -0.1) is 6.58 Å². The van der Waals surface area contributed by atoms with E-state index in [-0.39, 0.29) is 6.29 Å². The van der Waals surface area contributed by atoms with Crippen LogP contribution in [0.3, 0.4) is 0 Å². The molecule has 0 N–H and O–H groups in total. The van der Waals surface area contributed by atoms with Crippen LogP contribution in [0.5, 0.6) is 0 Å². The first-order chi connectivity index (χ1) is 8.40. The minimum absolute atomic E-state index is 0.0426. The summed E-state index contributed by atoms with van der Waals surface area (Å²) in [7, 11) is 0. The maximum Gasteiger partial charge on any atom is 0.157 e. The third-order valence-corrected chi connectivity index (χ3v) is 2.89. The number of nitrogens with zero attached hydrogens (tertiary/aromatic N) is 2. The summed E-state index contributed by atoms with van der Waals surface area (Å²) in [5.41, 5.74) is 1.02. The van der Waals surface area contributed by atoms with Gasteiger partial charge in [0.2, 0.25) is 0 Å². The number of aromatic nitrogens is 2. The summed E-state index contributed by atoms with van der Waals surface area (Å²) in [5.74, 6) is 0.356. The Morgan fingerprint density at radius 1 is 1.41 bits per heavy atom. The summed E-state index contributed by atoms with van der Waals surface area (Å²) in [6, 6.07) is 0. The van der Waals surface area contributed by atoms with E-state index in [1.165, 1.54) is 0 Å². The zero-order valence-corrected chi connectivity index (χ0v) is 9.92. The average molecular weight is 234 g/mol. The van der Waals surface area contributed by atoms with Crippen LogP contribution in [0, 0.1) is 0 Å². The lowest BCUT2D eigenvalue weighted by Gasteiger charge is -2.16. The minimum atomic E-state index is -0.0426. The molecular formula is C13H18N2O2. The lowest BCUT2D eigenvalue weighted by atomic mass is 9.96. The molecule has 1 unspecified atom stereocenters. The topological polar surface area (TPSA) is 44.2 Å². The summed E-state index contributed by atoms with van der Waals surface area (Å²) in [5, 5.41) is 0. The van der Waals surface area contributed by atoms with E-state index in [4.69, 9.17) is 9.47 Å². The quantitative estimate of drug-likeness (QED) is 0.708. The Hall–Kier alpha value is -1.26. The second-order valence-electron chi connectivity index (χ2n) is 4.10. The Bertz CT molecular complexity index is 337. The zero-order valence-electron chi connectivity index (χ0n) is 9.92. The van der Waals surface area contributed by atoms with Crippen molar-refractivity contribution in [3.8, 4) is 0 Å². The zero-order chi connectivity index (χ0) is 11.9. The van der Waals surface area contributed by atoms with E-state index in [1.807, 2.05) is 12.3 Å². The number of hydrogen-bond donors (Lipinski definition) is 0. The maximum atomic E-state index is 5.43. The van der Waals surface area contributed by atoms with Crippen molar-refractivity contribution in [3.05, 3.63) is 36.9 Å². The summed E-state index contributed by atoms with van der Waals surface area (Å²) >= 11 is 0. The molecule has 1 atom stereocenters. The van der Waals surface area contributed by atoms with Gasteiger partial charge < -0.3 is 9.47 Å². The van der Waals surface area contributed by atoms with Crippen molar-refractivity contribution < 1.29 is 9.47 Å². The second kappa shape index (κ2) is 6.47. The van der Waals surface area contributed by atoms with Crippen molar-refractivity contribution >= 4 is 0 Å². The van der Waals surface area contributed by atoms with Crippen molar-refractivity contribution in [2.45, 2.75) is 31.5 Å². The van der Waals surface area contributed by atoms with Crippen LogP contribution in [0.15, 0.2) is 31.2 Å². The summed E-state index contributed by atoms with van der Waals surface area (Å²) in [4.78, 5) is 8.46. The van der Waals surface area contributed by atoms with Crippen LogP contribution in [0.1, 0.15) is 30.9 Å². The Morgan fingerprint density at radius 3 is 2.88 bits per heavy atom. The number of hydrogen-bond acceptors (Lipinski definition) is 4. The molecule has 1 saturated heterocycles. The van der Waals surface area contributed by atoms with Gasteiger partial charge in [-0.25, -0.2) is 0 Å². The second-order valence-corrected chi connectivity index (χ2v) is 4.10. The van der Waals surface area contributed by atoms with Crippen LogP contribution < -0.4 is 0 Å². The molecule has 0 aliphatic carbocycles. The number of allylic oxidation sites excluding steroid dienone is 1. The van der Waals surface area contributed by atoms with Gasteiger partial charge in [-0.3, -0.25) is 9.97 Å². The summed E-state index contributed by atoms with van der Waals surface area (Å²) in [6.45, 7) is 5.22. The van der Waals surface area contributed by atoms with Gasteiger partial charge in [0.05, 0.1) is 18.9 Å². The highest BCUT2D eigenvalue weighted by molar-refractivity contribution is 5.05. The molecule has 1 aliphatic heterocycles. The first-order valence-corrected chi connectivity index (χ1v) is 6.00. The molecule has 0 saturated carbocycles. The SMILES string of the molecule is C=CCC(CCC1OCCO1)c1cnccn1. The van der Waals surface area contributed by atoms with E-state index < -0.39 is 0 Å². The molecule has 0 radical (unpaired) electrons. The fraction of sp³-hybridized carbons (Fsp3) is 0.538. The number of rotatable bonds is 6. The molecular weight excluding hydrogens is 216 g/mol. The molecule has 2 rings (SSSR count). The van der Waals surface area contributed by atoms with E-state index in [0.717, 1.165) is 25.0 Å². The van der Waals surface area contributed by atoms with Gasteiger partial charge in [0, 0.05) is 24.5 Å². The van der Waals surface area contributed by atoms with E-state index >= 15 is 0 Å². The molecule has 92 valence electrons. The highest BCUT2D eigenvalue weighted by Crippen LogP contribution is 2.25. The molecule has 1 aliphatic rings. The third kappa shape index (κ3) is 3.61. The Kier molecular flexibility index (Phi) is 4.64. The van der Waals surface area contributed by atoms with E-state index in [1.54, 1.807) is 12.4 Å². The minimum Gasteiger partial charge on any atom is -0.350 e. The van der Waals surface area contributed by atoms with Crippen molar-refractivity contribution in [1.29, 1.82) is 0 Å². The normalized spacial score (nSPS) is 18.1. The van der Waals surface area contributed by atoms with Gasteiger partial charge in [0.25, 0.3) is 0 Å². The summed E-state index contributed by atoms with van der Waals surface area (Å²) in [6.07, 6.45) is 9.92. The van der Waals surface area contributed by atoms with Gasteiger partial charge in [-0.05, 0) is 19.3 Å². The molecule has 1 fully saturated rings. The maximum absolute atomic E-state index is 5.43. The van der Waals surface area contributed by atoms with Crippen LogP contribution in [-0.4, -0.2) is 29.5 Å². The lowest BCUT2D eigenvalue weighted by molar-refractivity contribution is -0.0487. The van der Waals surface area contributed by atoms with E-state index in [2.05, 4.69) is 16.5 Å². The first kappa shape index (κ1) is 12.2. The van der Waals surface area contributed by atoms with Crippen molar-refractivity contribution in [1.82, 2.24) is 9.97 Å². The van der Waals surface area contributed by atoms with Crippen LogP contribution in [0.4, 0.5) is 0 Å². The lowest BCUT2D eigenvalue weighted by Crippen LogP contribution is -2.10. The molecule has 17 heavy (non-hydrogen) atoms. The number of ether oxygens (including phenoxy) is 2. The fourth-order valence-corrected chi connectivity index (χ4v) is 2.02. The molecule has 1 aromatic rings. The molecule has 0 bridgehead atoms. The molecule has 0 aromatic carbocycles. The van der Waals surface area contributed by atoms with Gasteiger partial charge in [0.1, 0.15) is 0 Å². The van der Waals surface area contributed by atoms with Crippen molar-refractivity contribution in [3.63, 3.8) is 0 Å². The first-order valence-electron chi connectivity index (χ1n) is 6.00. The fourth-order valence-electron chi connectivity index (χ4n) is 2.02. The van der Waals surface area contributed by atoms with Gasteiger partial charge in [-0.1, -0.05) is 6.08 Å².